The molecule has 1 aromatic rings. The average Bonchev–Trinajstić information content (AvgIpc) is 2.71. The molecule has 0 aromatic carbocycles. The van der Waals surface area contributed by atoms with Crippen LogP contribution in [0, 0.1) is 0 Å². The largest absolute Gasteiger partial charge is 0.396 e. The zero-order valence-corrected chi connectivity index (χ0v) is 14.6. The van der Waals surface area contributed by atoms with Gasteiger partial charge in [-0.2, -0.15) is 0 Å². The minimum Gasteiger partial charge on any atom is -0.396 e. The van der Waals surface area contributed by atoms with Crippen molar-refractivity contribution in [3.63, 3.8) is 0 Å². The molecule has 1 aromatic heterocycles. The van der Waals surface area contributed by atoms with Crippen molar-refractivity contribution in [1.29, 1.82) is 0 Å². The molecule has 1 aliphatic rings. The van der Waals surface area contributed by atoms with Crippen LogP contribution in [0.2, 0.25) is 0 Å². The van der Waals surface area contributed by atoms with Crippen LogP contribution >= 0.6 is 43.2 Å². The first-order valence-corrected chi connectivity index (χ1v) is 8.85. The highest BCUT2D eigenvalue weighted by Gasteiger charge is 2.25. The molecule has 106 valence electrons. The van der Waals surface area contributed by atoms with Gasteiger partial charge in [0, 0.05) is 18.2 Å². The van der Waals surface area contributed by atoms with E-state index in [4.69, 9.17) is 5.11 Å². The number of aliphatic hydroxyl groups is 1. The number of aliphatic hydroxyl groups excluding tert-OH is 1. The van der Waals surface area contributed by atoms with Gasteiger partial charge in [0.15, 0.2) is 5.78 Å². The highest BCUT2D eigenvalue weighted by Crippen LogP contribution is 2.32. The average molecular weight is 411 g/mol. The monoisotopic (exact) mass is 409 g/mol. The molecule has 19 heavy (non-hydrogen) atoms. The number of halogens is 2. The second kappa shape index (κ2) is 7.31. The predicted molar refractivity (Wildman–Crippen MR) is 85.0 cm³/mol. The number of rotatable bonds is 5. The van der Waals surface area contributed by atoms with Gasteiger partial charge in [0.05, 0.1) is 14.1 Å². The van der Waals surface area contributed by atoms with Gasteiger partial charge in [-0.3, -0.25) is 9.69 Å². The number of hydrogen-bond donors (Lipinski definition) is 1. The Bertz CT molecular complexity index is 448. The van der Waals surface area contributed by atoms with Gasteiger partial charge in [0.2, 0.25) is 0 Å². The van der Waals surface area contributed by atoms with E-state index in [0.29, 0.717) is 12.6 Å². The maximum atomic E-state index is 12.3. The highest BCUT2D eigenvalue weighted by atomic mass is 79.9. The third-order valence-electron chi connectivity index (χ3n) is 3.52. The van der Waals surface area contributed by atoms with Gasteiger partial charge in [-0.25, -0.2) is 0 Å². The van der Waals surface area contributed by atoms with Crippen LogP contribution in [0.15, 0.2) is 13.6 Å². The first-order valence-electron chi connectivity index (χ1n) is 6.44. The van der Waals surface area contributed by atoms with Crippen LogP contribution in [-0.2, 0) is 0 Å². The van der Waals surface area contributed by atoms with Gasteiger partial charge in [-0.05, 0) is 63.7 Å². The molecule has 0 bridgehead atoms. The summed E-state index contributed by atoms with van der Waals surface area (Å²) in [6, 6.07) is 2.23. The Morgan fingerprint density at radius 3 is 2.89 bits per heavy atom. The Hall–Kier alpha value is 0.250. The molecule has 1 unspecified atom stereocenters. The van der Waals surface area contributed by atoms with E-state index in [0.717, 1.165) is 38.9 Å². The first-order chi connectivity index (χ1) is 9.11. The number of carbonyl (C=O) groups excluding carboxylic acids is 1. The molecule has 2 rings (SSSR count). The molecule has 0 amide bonds. The minimum absolute atomic E-state index is 0.152. The van der Waals surface area contributed by atoms with Gasteiger partial charge in [-0.15, -0.1) is 11.3 Å². The third-order valence-corrected chi connectivity index (χ3v) is 5.85. The molecule has 0 spiro atoms. The summed E-state index contributed by atoms with van der Waals surface area (Å²) in [4.78, 5) is 14.6. The number of likely N-dealkylation sites (tertiary alicyclic amines) is 1. The molecule has 1 atom stereocenters. The second-order valence-corrected chi connectivity index (χ2v) is 8.54. The fraction of sp³-hybridized carbons (Fsp3) is 0.615. The Morgan fingerprint density at radius 2 is 2.26 bits per heavy atom. The predicted octanol–water partition coefficient (Wildman–Crippen LogP) is 3.69. The zero-order valence-electron chi connectivity index (χ0n) is 10.6. The zero-order chi connectivity index (χ0) is 13.8. The van der Waals surface area contributed by atoms with Crippen molar-refractivity contribution in [3.05, 3.63) is 19.2 Å². The van der Waals surface area contributed by atoms with Crippen molar-refractivity contribution in [1.82, 2.24) is 4.90 Å². The third kappa shape index (κ3) is 4.11. The topological polar surface area (TPSA) is 40.5 Å². The Balaban J connectivity index is 2.02. The minimum atomic E-state index is 0.152. The van der Waals surface area contributed by atoms with Crippen molar-refractivity contribution in [3.8, 4) is 0 Å². The molecule has 3 nitrogen and oxygen atoms in total. The number of piperidine rings is 1. The summed E-state index contributed by atoms with van der Waals surface area (Å²) in [6.07, 6.45) is 4.19. The summed E-state index contributed by atoms with van der Waals surface area (Å²) in [5.41, 5.74) is 0.755. The summed E-state index contributed by atoms with van der Waals surface area (Å²) in [6.45, 7) is 1.61. The van der Waals surface area contributed by atoms with E-state index in [1.54, 1.807) is 0 Å². The number of Topliss-reactive ketones (excluding diaryl/α,β-unsaturated/α-hetero) is 1. The lowest BCUT2D eigenvalue weighted by Gasteiger charge is -2.34. The Morgan fingerprint density at radius 1 is 1.47 bits per heavy atom. The van der Waals surface area contributed by atoms with E-state index >= 15 is 0 Å². The van der Waals surface area contributed by atoms with E-state index in [2.05, 4.69) is 36.8 Å². The van der Waals surface area contributed by atoms with Crippen LogP contribution in [0.3, 0.4) is 0 Å². The molecule has 1 saturated heterocycles. The molecule has 0 aliphatic carbocycles. The molecule has 1 N–H and O–H groups in total. The van der Waals surface area contributed by atoms with E-state index < -0.39 is 0 Å². The first kappa shape index (κ1) is 15.6. The Labute approximate surface area is 134 Å². The Kier molecular flexibility index (Phi) is 6.02. The van der Waals surface area contributed by atoms with Crippen molar-refractivity contribution >= 4 is 49.0 Å². The number of ketones is 1. The van der Waals surface area contributed by atoms with Crippen LogP contribution in [0.5, 0.6) is 0 Å². The molecule has 0 saturated carbocycles. The van der Waals surface area contributed by atoms with Crippen LogP contribution < -0.4 is 0 Å². The lowest BCUT2D eigenvalue weighted by molar-refractivity contribution is 0.0799. The van der Waals surface area contributed by atoms with Gasteiger partial charge in [0.1, 0.15) is 0 Å². The number of hydrogen-bond acceptors (Lipinski definition) is 4. The van der Waals surface area contributed by atoms with Gasteiger partial charge in [0.25, 0.3) is 0 Å². The molecule has 1 fully saturated rings. The molecule has 6 heteroatoms. The fourth-order valence-electron chi connectivity index (χ4n) is 2.54. The molecule has 2 heterocycles. The standard InChI is InChI=1S/C13H17Br2NO2S/c14-12-7-10(13(15)19-12)11(18)8-16-5-2-1-3-9(16)4-6-17/h7,9,17H,1-6,8H2. The van der Waals surface area contributed by atoms with E-state index in [-0.39, 0.29) is 12.4 Å². The van der Waals surface area contributed by atoms with Gasteiger partial charge < -0.3 is 5.11 Å². The number of carbonyl (C=O) groups is 1. The SMILES string of the molecule is O=C(CN1CCCCC1CCO)c1cc(Br)sc1Br. The van der Waals surface area contributed by atoms with Crippen molar-refractivity contribution < 1.29 is 9.90 Å². The summed E-state index contributed by atoms with van der Waals surface area (Å²) < 4.78 is 1.85. The van der Waals surface area contributed by atoms with Crippen LogP contribution in [0.25, 0.3) is 0 Å². The molecule has 0 radical (unpaired) electrons. The van der Waals surface area contributed by atoms with Crippen LogP contribution in [0.4, 0.5) is 0 Å². The quantitative estimate of drug-likeness (QED) is 0.752. The van der Waals surface area contributed by atoms with Crippen molar-refractivity contribution in [2.24, 2.45) is 0 Å². The maximum Gasteiger partial charge on any atom is 0.178 e. The highest BCUT2D eigenvalue weighted by molar-refractivity contribution is 9.12. The summed E-state index contributed by atoms with van der Waals surface area (Å²) >= 11 is 8.37. The van der Waals surface area contributed by atoms with Gasteiger partial charge >= 0.3 is 0 Å². The van der Waals surface area contributed by atoms with Crippen LogP contribution in [0.1, 0.15) is 36.0 Å². The maximum absolute atomic E-state index is 12.3. The lowest BCUT2D eigenvalue weighted by atomic mass is 9.99. The van der Waals surface area contributed by atoms with E-state index in [9.17, 15) is 4.79 Å². The van der Waals surface area contributed by atoms with Crippen molar-refractivity contribution in [2.45, 2.75) is 31.7 Å². The summed E-state index contributed by atoms with van der Waals surface area (Å²) in [5.74, 6) is 0.152. The molecule has 1 aliphatic heterocycles. The normalized spacial score (nSPS) is 20.7. The summed E-state index contributed by atoms with van der Waals surface area (Å²) in [5, 5.41) is 9.11. The summed E-state index contributed by atoms with van der Waals surface area (Å²) in [7, 11) is 0. The van der Waals surface area contributed by atoms with E-state index in [1.807, 2.05) is 6.07 Å². The second-order valence-electron chi connectivity index (χ2n) is 4.79. The van der Waals surface area contributed by atoms with Gasteiger partial charge in [-0.1, -0.05) is 6.42 Å². The molecular formula is C13H17Br2NO2S. The van der Waals surface area contributed by atoms with Crippen molar-refractivity contribution in [2.75, 3.05) is 19.7 Å². The van der Waals surface area contributed by atoms with Crippen LogP contribution in [-0.4, -0.2) is 41.5 Å². The smallest absolute Gasteiger partial charge is 0.178 e. The lowest BCUT2D eigenvalue weighted by Crippen LogP contribution is -2.43. The fourth-order valence-corrected chi connectivity index (χ4v) is 5.40. The number of nitrogens with zero attached hydrogens (tertiary/aromatic N) is 1. The van der Waals surface area contributed by atoms with E-state index in [1.165, 1.54) is 17.8 Å². The number of thiophene rings is 1. The molecular weight excluding hydrogens is 394 g/mol.